The molecular weight excluding hydrogens is 202 g/mol. The summed E-state index contributed by atoms with van der Waals surface area (Å²) in [5.41, 5.74) is 0. The van der Waals surface area contributed by atoms with Gasteiger partial charge in [0.1, 0.15) is 0 Å². The molecule has 0 radical (unpaired) electrons. The molecule has 1 N–H and O–H groups in total. The number of rotatable bonds is 2. The van der Waals surface area contributed by atoms with Gasteiger partial charge in [-0.15, -0.1) is 0 Å². The van der Waals surface area contributed by atoms with Crippen molar-refractivity contribution in [3.63, 3.8) is 0 Å². The van der Waals surface area contributed by atoms with Crippen molar-refractivity contribution in [3.05, 3.63) is 0 Å². The topological polar surface area (TPSA) is 27.7 Å². The van der Waals surface area contributed by atoms with E-state index in [9.17, 15) is 0 Å². The molecule has 2 fully saturated rings. The summed E-state index contributed by atoms with van der Waals surface area (Å²) in [5.74, 6) is 0. The first-order valence-electron chi connectivity index (χ1n) is 6.44. The van der Waals surface area contributed by atoms with Gasteiger partial charge in [-0.1, -0.05) is 0 Å². The molecule has 94 valence electrons. The zero-order chi connectivity index (χ0) is 11.5. The number of ether oxygens (including phenoxy) is 1. The van der Waals surface area contributed by atoms with E-state index >= 15 is 0 Å². The van der Waals surface area contributed by atoms with Gasteiger partial charge in [0.2, 0.25) is 0 Å². The monoisotopic (exact) mass is 227 g/mol. The van der Waals surface area contributed by atoms with Gasteiger partial charge in [0.15, 0.2) is 0 Å². The molecule has 2 saturated heterocycles. The van der Waals surface area contributed by atoms with Crippen LogP contribution in [0.3, 0.4) is 0 Å². The normalized spacial score (nSPS) is 38.8. The van der Waals surface area contributed by atoms with Gasteiger partial charge in [0, 0.05) is 45.3 Å². The second kappa shape index (κ2) is 5.45. The van der Waals surface area contributed by atoms with Crippen LogP contribution in [-0.2, 0) is 4.74 Å². The lowest BCUT2D eigenvalue weighted by Gasteiger charge is -2.40. The minimum atomic E-state index is 0.364. The number of nitrogens with zero attached hydrogens (tertiary/aromatic N) is 2. The van der Waals surface area contributed by atoms with Gasteiger partial charge in [-0.3, -0.25) is 4.90 Å². The van der Waals surface area contributed by atoms with Crippen molar-refractivity contribution in [1.29, 1.82) is 0 Å². The van der Waals surface area contributed by atoms with Crippen molar-refractivity contribution in [2.24, 2.45) is 0 Å². The summed E-state index contributed by atoms with van der Waals surface area (Å²) in [4.78, 5) is 4.97. The smallest absolute Gasteiger partial charge is 0.0830 e. The van der Waals surface area contributed by atoms with Gasteiger partial charge >= 0.3 is 0 Å². The average molecular weight is 227 g/mol. The highest BCUT2D eigenvalue weighted by atomic mass is 16.5. The number of hydrogen-bond donors (Lipinski definition) is 1. The van der Waals surface area contributed by atoms with Gasteiger partial charge in [-0.2, -0.15) is 0 Å². The Hall–Kier alpha value is -0.160. The van der Waals surface area contributed by atoms with Crippen LogP contribution >= 0.6 is 0 Å². The van der Waals surface area contributed by atoms with E-state index in [1.54, 1.807) is 0 Å². The second-order valence-electron chi connectivity index (χ2n) is 5.32. The number of morpholine rings is 1. The van der Waals surface area contributed by atoms with Crippen LogP contribution in [-0.4, -0.2) is 74.4 Å². The van der Waals surface area contributed by atoms with E-state index in [0.717, 1.165) is 19.6 Å². The molecule has 0 spiro atoms. The van der Waals surface area contributed by atoms with E-state index in [4.69, 9.17) is 4.74 Å². The SMILES string of the molecule is C[C@@H]1CNC[C@@H](CN2CCN(C)[C@H](C)C2)O1. The van der Waals surface area contributed by atoms with Crippen LogP contribution in [0.2, 0.25) is 0 Å². The summed E-state index contributed by atoms with van der Waals surface area (Å²) < 4.78 is 5.93. The van der Waals surface area contributed by atoms with Crippen LogP contribution in [0, 0.1) is 0 Å². The third kappa shape index (κ3) is 3.17. The van der Waals surface area contributed by atoms with Crippen LogP contribution in [0.1, 0.15) is 13.8 Å². The van der Waals surface area contributed by atoms with Crippen LogP contribution < -0.4 is 5.32 Å². The summed E-state index contributed by atoms with van der Waals surface area (Å²) in [5, 5.41) is 3.43. The van der Waals surface area contributed by atoms with Crippen LogP contribution in [0.4, 0.5) is 0 Å². The van der Waals surface area contributed by atoms with Gasteiger partial charge in [-0.05, 0) is 20.9 Å². The van der Waals surface area contributed by atoms with Crippen LogP contribution in [0.15, 0.2) is 0 Å². The molecule has 2 aliphatic heterocycles. The molecule has 2 aliphatic rings. The fourth-order valence-electron chi connectivity index (χ4n) is 2.56. The fraction of sp³-hybridized carbons (Fsp3) is 1.00. The maximum absolute atomic E-state index is 5.93. The van der Waals surface area contributed by atoms with Crippen molar-refractivity contribution < 1.29 is 4.74 Å². The summed E-state index contributed by atoms with van der Waals surface area (Å²) in [7, 11) is 2.21. The Labute approximate surface area is 98.9 Å². The molecular formula is C12H25N3O. The summed E-state index contributed by atoms with van der Waals surface area (Å²) >= 11 is 0. The molecule has 0 aromatic carbocycles. The summed E-state index contributed by atoms with van der Waals surface area (Å²) in [6, 6.07) is 0.669. The number of hydrogen-bond acceptors (Lipinski definition) is 4. The lowest BCUT2D eigenvalue weighted by atomic mass is 10.1. The standard InChI is InChI=1S/C12H25N3O/c1-10-8-15(5-4-14(10)3)9-12-7-13-6-11(2)16-12/h10-13H,4-9H2,1-3H3/t10-,11-,12+/m1/s1. The molecule has 0 unspecified atom stereocenters. The minimum Gasteiger partial charge on any atom is -0.371 e. The lowest BCUT2D eigenvalue weighted by Crippen LogP contribution is -2.55. The Morgan fingerprint density at radius 3 is 2.75 bits per heavy atom. The van der Waals surface area contributed by atoms with E-state index in [1.165, 1.54) is 19.6 Å². The molecule has 4 heteroatoms. The molecule has 0 bridgehead atoms. The number of nitrogens with one attached hydrogen (secondary N) is 1. The van der Waals surface area contributed by atoms with Crippen molar-refractivity contribution >= 4 is 0 Å². The largest absolute Gasteiger partial charge is 0.371 e. The predicted octanol–water partition coefficient (Wildman–Crippen LogP) is -0.000800. The molecule has 0 saturated carbocycles. The average Bonchev–Trinajstić information content (AvgIpc) is 2.24. The van der Waals surface area contributed by atoms with Crippen molar-refractivity contribution in [2.75, 3.05) is 46.3 Å². The maximum atomic E-state index is 5.93. The Kier molecular flexibility index (Phi) is 4.19. The van der Waals surface area contributed by atoms with Gasteiger partial charge in [0.25, 0.3) is 0 Å². The minimum absolute atomic E-state index is 0.364. The number of likely N-dealkylation sites (N-methyl/N-ethyl adjacent to an activating group) is 1. The van der Waals surface area contributed by atoms with E-state index in [2.05, 4.69) is 36.0 Å². The van der Waals surface area contributed by atoms with Gasteiger partial charge in [0.05, 0.1) is 12.2 Å². The zero-order valence-electron chi connectivity index (χ0n) is 10.8. The lowest BCUT2D eigenvalue weighted by molar-refractivity contribution is -0.0498. The third-order valence-electron chi connectivity index (χ3n) is 3.73. The summed E-state index contributed by atoms with van der Waals surface area (Å²) in [6.07, 6.45) is 0.739. The molecule has 0 aromatic rings. The zero-order valence-corrected chi connectivity index (χ0v) is 10.8. The first-order valence-corrected chi connectivity index (χ1v) is 6.44. The van der Waals surface area contributed by atoms with E-state index < -0.39 is 0 Å². The molecule has 0 amide bonds. The van der Waals surface area contributed by atoms with Gasteiger partial charge in [-0.25, -0.2) is 0 Å². The highest BCUT2D eigenvalue weighted by molar-refractivity contribution is 4.81. The molecule has 3 atom stereocenters. The molecule has 4 nitrogen and oxygen atoms in total. The predicted molar refractivity (Wildman–Crippen MR) is 65.7 cm³/mol. The fourth-order valence-corrected chi connectivity index (χ4v) is 2.56. The Balaban J connectivity index is 1.76. The third-order valence-corrected chi connectivity index (χ3v) is 3.73. The Morgan fingerprint density at radius 2 is 2.06 bits per heavy atom. The first kappa shape index (κ1) is 12.3. The summed E-state index contributed by atoms with van der Waals surface area (Å²) in [6.45, 7) is 11.0. The molecule has 2 heterocycles. The van der Waals surface area contributed by atoms with E-state index in [-0.39, 0.29) is 0 Å². The molecule has 0 aromatic heterocycles. The van der Waals surface area contributed by atoms with E-state index in [0.29, 0.717) is 18.2 Å². The van der Waals surface area contributed by atoms with Crippen LogP contribution in [0.25, 0.3) is 0 Å². The quantitative estimate of drug-likeness (QED) is 0.719. The van der Waals surface area contributed by atoms with Gasteiger partial charge < -0.3 is 15.0 Å². The van der Waals surface area contributed by atoms with Crippen LogP contribution in [0.5, 0.6) is 0 Å². The van der Waals surface area contributed by atoms with Crippen molar-refractivity contribution in [3.8, 4) is 0 Å². The molecule has 0 aliphatic carbocycles. The molecule has 16 heavy (non-hydrogen) atoms. The van der Waals surface area contributed by atoms with E-state index in [1.807, 2.05) is 0 Å². The Morgan fingerprint density at radius 1 is 1.25 bits per heavy atom. The number of piperazine rings is 1. The van der Waals surface area contributed by atoms with Crippen molar-refractivity contribution in [1.82, 2.24) is 15.1 Å². The first-order chi connectivity index (χ1) is 7.65. The highest BCUT2D eigenvalue weighted by Gasteiger charge is 2.25. The highest BCUT2D eigenvalue weighted by Crippen LogP contribution is 2.10. The Bertz CT molecular complexity index is 224. The second-order valence-corrected chi connectivity index (χ2v) is 5.32. The molecule has 2 rings (SSSR count). The van der Waals surface area contributed by atoms with Crippen molar-refractivity contribution in [2.45, 2.75) is 32.1 Å². The maximum Gasteiger partial charge on any atom is 0.0830 e.